The first-order valence-corrected chi connectivity index (χ1v) is 27.9. The first-order chi connectivity index (χ1) is 33.4. The molecule has 3 aliphatic rings. The summed E-state index contributed by atoms with van der Waals surface area (Å²) in [4.78, 5) is 12.9. The summed E-state index contributed by atoms with van der Waals surface area (Å²) in [6.07, 6.45) is 5.31. The van der Waals surface area contributed by atoms with Gasteiger partial charge in [0, 0.05) is 66.4 Å². The number of rotatable bonds is 33. The summed E-state index contributed by atoms with van der Waals surface area (Å²) in [5, 5.41) is 10.2. The van der Waals surface area contributed by atoms with Crippen LogP contribution in [0.4, 0.5) is 5.69 Å². The Morgan fingerprint density at radius 1 is 0.753 bits per heavy atom. The van der Waals surface area contributed by atoms with Gasteiger partial charge in [0.15, 0.2) is 6.54 Å². The van der Waals surface area contributed by atoms with Crippen LogP contribution in [-0.2, 0) is 74.4 Å². The van der Waals surface area contributed by atoms with Gasteiger partial charge in [-0.15, -0.1) is 0 Å². The van der Waals surface area contributed by atoms with Gasteiger partial charge in [-0.05, 0) is 85.2 Å². The molecule has 0 saturated heterocycles. The van der Waals surface area contributed by atoms with E-state index in [4.69, 9.17) is 32.8 Å². The molecule has 2 heterocycles. The quantitative estimate of drug-likeness (QED) is 0.0296. The van der Waals surface area contributed by atoms with Crippen LogP contribution < -0.4 is 73.9 Å². The molecular formula is C48H68N2Na2O18S3. The van der Waals surface area contributed by atoms with Crippen LogP contribution in [0.3, 0.4) is 0 Å². The third-order valence-corrected chi connectivity index (χ3v) is 14.0. The summed E-state index contributed by atoms with van der Waals surface area (Å²) in [6.45, 7) is 13.0. The number of carboxylic acid groups (broad SMARTS) is 1. The topological polar surface area (TPSA) is 284 Å². The minimum Gasteiger partial charge on any atom is -0.748 e. The van der Waals surface area contributed by atoms with Gasteiger partial charge in [-0.1, -0.05) is 26.8 Å². The number of ether oxygens (including phenoxy) is 6. The largest absolute Gasteiger partial charge is 1.00 e. The minimum atomic E-state index is -4.89. The van der Waals surface area contributed by atoms with E-state index in [1.807, 2.05) is 49.6 Å². The van der Waals surface area contributed by atoms with Crippen molar-refractivity contribution in [1.29, 1.82) is 0 Å². The zero-order valence-corrected chi connectivity index (χ0v) is 49.6. The van der Waals surface area contributed by atoms with Gasteiger partial charge < -0.3 is 56.5 Å². The number of anilines is 1. The molecule has 73 heavy (non-hydrogen) atoms. The standard InChI is InChI=1S/C48H70N2O18S3.2Na/c1-47(2,3)41-35-38(10-6-11-45-48(4,17-7-12-46(51)52)42-36-39(71(59,60)61)14-16-43(42)50(45)19-9-33-70(56,57)58)68-44-34-37(13-15-40(41)44)49(18-8-32-69(53,54)55)20-21-63-24-25-65-28-29-67-31-30-66-27-26-64-23-22-62-5;;/h6,10-11,13-16,34-36H,7-9,12,17-33H2,1-5H3,(H3-,51,52,53,54,55,56,57,58,59,60,61);;/q;2*+1/p-2. The van der Waals surface area contributed by atoms with Crippen LogP contribution in [-0.4, -0.2) is 161 Å². The number of methoxy groups -OCH3 is 1. The van der Waals surface area contributed by atoms with Crippen molar-refractivity contribution in [3.05, 3.63) is 82.6 Å². The molecule has 4 rings (SSSR count). The zero-order chi connectivity index (χ0) is 52.3. The fourth-order valence-electron chi connectivity index (χ4n) is 8.11. The number of hydrogen-bond donors (Lipinski definition) is 1. The first-order valence-electron chi connectivity index (χ1n) is 23.3. The van der Waals surface area contributed by atoms with E-state index in [0.29, 0.717) is 106 Å². The monoisotopic (exact) mass is 1100 g/mol. The van der Waals surface area contributed by atoms with Crippen LogP contribution in [0.15, 0.2) is 69.6 Å². The summed E-state index contributed by atoms with van der Waals surface area (Å²) in [5.41, 5.74) is 1.75. The van der Waals surface area contributed by atoms with Gasteiger partial charge in [0.05, 0.1) is 97.3 Å². The number of aliphatic carboxylic acids is 1. The Bertz CT molecular complexity index is 2650. The Morgan fingerprint density at radius 3 is 1.85 bits per heavy atom. The molecule has 0 amide bonds. The van der Waals surface area contributed by atoms with E-state index < -0.39 is 58.1 Å². The van der Waals surface area contributed by atoms with Crippen LogP contribution in [0.2, 0.25) is 0 Å². The van der Waals surface area contributed by atoms with E-state index in [-0.39, 0.29) is 116 Å². The Balaban J connectivity index is 0.00000913. The average Bonchev–Trinajstić information content (AvgIpc) is 3.50. The molecule has 1 aromatic rings. The normalized spacial score (nSPS) is 16.2. The van der Waals surface area contributed by atoms with Gasteiger partial charge >= 0.3 is 65.1 Å². The number of allylic oxidation sites excluding steroid dienone is 3. The SMILES string of the molecule is COCCOCCOCCOCCOCCOCC[N+](CCCS(=O)(=O)[O-])=c1ccc2c(C(C)(C)C)cc(/C=C/C=C3/N(CCCS(=O)(=O)[O-])c4ccc(S(=O)(=O)[O-])cc4C3(C)CCCC(=O)O)oc-2c1.[Na+].[Na+]. The number of fused-ring (bicyclic) bond motifs is 2. The van der Waals surface area contributed by atoms with Crippen LogP contribution in [0.5, 0.6) is 0 Å². The van der Waals surface area contributed by atoms with E-state index in [2.05, 4.69) is 0 Å². The molecule has 0 bridgehead atoms. The molecule has 25 heteroatoms. The summed E-state index contributed by atoms with van der Waals surface area (Å²) >= 11 is 0. The fraction of sp³-hybridized carbons (Fsp3) is 0.583. The maximum absolute atomic E-state index is 12.2. The van der Waals surface area contributed by atoms with Crippen molar-refractivity contribution in [2.45, 2.75) is 75.5 Å². The Labute approximate surface area is 474 Å². The van der Waals surface area contributed by atoms with E-state index in [0.717, 1.165) is 17.2 Å². The molecule has 1 aliphatic carbocycles. The first kappa shape index (κ1) is 67.0. The van der Waals surface area contributed by atoms with Crippen molar-refractivity contribution in [3.63, 3.8) is 0 Å². The van der Waals surface area contributed by atoms with E-state index >= 15 is 0 Å². The fourth-order valence-corrected chi connectivity index (χ4v) is 9.57. The molecule has 1 N–H and O–H groups in total. The third kappa shape index (κ3) is 23.2. The zero-order valence-electron chi connectivity index (χ0n) is 43.1. The number of hydrogen-bond acceptors (Lipinski definition) is 18. The number of benzene rings is 2. The van der Waals surface area contributed by atoms with Crippen LogP contribution in [0, 0.1) is 0 Å². The molecule has 0 spiro atoms. The number of carbonyl (C=O) groups is 1. The van der Waals surface area contributed by atoms with Crippen molar-refractivity contribution in [2.75, 3.05) is 116 Å². The predicted molar refractivity (Wildman–Crippen MR) is 261 cm³/mol. The molecule has 398 valence electrons. The van der Waals surface area contributed by atoms with Gasteiger partial charge in [-0.3, -0.25) is 4.79 Å². The van der Waals surface area contributed by atoms with Crippen molar-refractivity contribution >= 4 is 48.1 Å². The third-order valence-electron chi connectivity index (χ3n) is 11.5. The van der Waals surface area contributed by atoms with Crippen molar-refractivity contribution in [1.82, 2.24) is 4.58 Å². The van der Waals surface area contributed by atoms with Gasteiger partial charge in [0.1, 0.15) is 34.8 Å². The van der Waals surface area contributed by atoms with E-state index in [1.54, 1.807) is 37.2 Å². The number of carboxylic acids is 1. The van der Waals surface area contributed by atoms with Crippen LogP contribution >= 0.6 is 0 Å². The van der Waals surface area contributed by atoms with Crippen molar-refractivity contribution in [3.8, 4) is 11.3 Å². The Morgan fingerprint density at radius 2 is 1.32 bits per heavy atom. The summed E-state index contributed by atoms with van der Waals surface area (Å²) in [6, 6.07) is 11.4. The molecule has 1 aromatic carbocycles. The second-order valence-electron chi connectivity index (χ2n) is 18.0. The smallest absolute Gasteiger partial charge is 0.748 e. The maximum atomic E-state index is 12.2. The predicted octanol–water partition coefficient (Wildman–Crippen LogP) is -2.10. The molecule has 0 saturated carbocycles. The van der Waals surface area contributed by atoms with Gasteiger partial charge in [-0.25, -0.2) is 29.8 Å². The van der Waals surface area contributed by atoms with Crippen LogP contribution in [0.25, 0.3) is 17.4 Å². The number of nitrogens with zero attached hydrogens (tertiary/aromatic N) is 2. The van der Waals surface area contributed by atoms with Crippen molar-refractivity contribution < 1.29 is 141 Å². The molecule has 20 nitrogen and oxygen atoms in total. The second-order valence-corrected chi connectivity index (χ2v) is 22.5. The Kier molecular flexibility index (Phi) is 29.3. The molecular weight excluding hydrogens is 1030 g/mol. The van der Waals surface area contributed by atoms with Gasteiger partial charge in [0.25, 0.3) is 0 Å². The molecule has 2 aliphatic heterocycles. The molecule has 1 atom stereocenters. The molecule has 0 radical (unpaired) electrons. The average molecular weight is 1100 g/mol. The summed E-state index contributed by atoms with van der Waals surface area (Å²) in [5.74, 6) is -1.34. The van der Waals surface area contributed by atoms with Gasteiger partial charge in [-0.2, -0.15) is 0 Å². The maximum Gasteiger partial charge on any atom is 1.00 e. The molecule has 0 aromatic heterocycles. The van der Waals surface area contributed by atoms with E-state index in [9.17, 15) is 48.8 Å². The van der Waals surface area contributed by atoms with Gasteiger partial charge in [0.2, 0.25) is 5.36 Å². The second kappa shape index (κ2) is 31.9. The van der Waals surface area contributed by atoms with Crippen LogP contribution in [0.1, 0.15) is 76.7 Å². The summed E-state index contributed by atoms with van der Waals surface area (Å²) in [7, 11) is -12.3. The Hall–Kier alpha value is -2.11. The van der Waals surface area contributed by atoms with E-state index in [1.165, 1.54) is 12.1 Å². The minimum absolute atomic E-state index is 0. The molecule has 0 fully saturated rings. The molecule has 1 unspecified atom stereocenters. The summed E-state index contributed by atoms with van der Waals surface area (Å²) < 4.78 is 147. The van der Waals surface area contributed by atoms with Crippen molar-refractivity contribution in [2.24, 2.45) is 0 Å².